The molecule has 0 aromatic rings. The molecule has 2 unspecified atom stereocenters. The molecule has 7 heteroatoms. The second kappa shape index (κ2) is 9.84. The third-order valence-corrected chi connectivity index (χ3v) is 4.97. The van der Waals surface area contributed by atoms with E-state index in [0.717, 1.165) is 77.6 Å². The van der Waals surface area contributed by atoms with Gasteiger partial charge in [0.2, 0.25) is 5.91 Å². The molecule has 0 radical (unpaired) electrons. The van der Waals surface area contributed by atoms with Crippen LogP contribution in [0.15, 0.2) is 4.99 Å². The van der Waals surface area contributed by atoms with Gasteiger partial charge in [-0.3, -0.25) is 9.79 Å². The van der Waals surface area contributed by atoms with E-state index in [0.29, 0.717) is 5.92 Å². The number of carbonyl (C=O) groups excluding carboxylic acids is 1. The van der Waals surface area contributed by atoms with Crippen molar-refractivity contribution < 1.29 is 9.53 Å². The van der Waals surface area contributed by atoms with E-state index >= 15 is 0 Å². The maximum atomic E-state index is 11.3. The number of aliphatic imine (C=N–C) groups is 1. The number of nitrogens with two attached hydrogens (primary N) is 1. The first-order valence-corrected chi connectivity index (χ1v) is 9.11. The number of hydrogen-bond acceptors (Lipinski definition) is 4. The lowest BCUT2D eigenvalue weighted by Crippen LogP contribution is -2.44. The number of hydrogen-bond donors (Lipinski definition) is 2. The summed E-state index contributed by atoms with van der Waals surface area (Å²) in [5.74, 6) is 1.41. The van der Waals surface area contributed by atoms with Gasteiger partial charge in [0.05, 0.1) is 12.5 Å². The zero-order valence-corrected chi connectivity index (χ0v) is 15.2. The topological polar surface area (TPSA) is 83.2 Å². The van der Waals surface area contributed by atoms with Crippen molar-refractivity contribution in [1.29, 1.82) is 0 Å². The predicted octanol–water partition coefficient (Wildman–Crippen LogP) is 0.118. The maximum absolute atomic E-state index is 11.3. The molecule has 2 aliphatic rings. The number of guanidine groups is 1. The Morgan fingerprint density at radius 1 is 1.46 bits per heavy atom. The Morgan fingerprint density at radius 3 is 2.96 bits per heavy atom. The second-order valence-corrected chi connectivity index (χ2v) is 6.98. The van der Waals surface area contributed by atoms with Crippen LogP contribution in [-0.4, -0.2) is 81.7 Å². The number of nitrogens with zero attached hydrogens (tertiary/aromatic N) is 3. The summed E-state index contributed by atoms with van der Waals surface area (Å²) in [6.07, 6.45) is 4.17. The van der Waals surface area contributed by atoms with Crippen molar-refractivity contribution in [2.24, 2.45) is 22.6 Å². The van der Waals surface area contributed by atoms with Gasteiger partial charge in [0.25, 0.3) is 0 Å². The molecule has 2 atom stereocenters. The van der Waals surface area contributed by atoms with E-state index < -0.39 is 0 Å². The fourth-order valence-electron chi connectivity index (χ4n) is 3.58. The molecule has 2 heterocycles. The minimum absolute atomic E-state index is 0.0271. The van der Waals surface area contributed by atoms with E-state index in [4.69, 9.17) is 10.5 Å². The fourth-order valence-corrected chi connectivity index (χ4v) is 3.58. The molecule has 0 aromatic carbocycles. The van der Waals surface area contributed by atoms with Crippen LogP contribution >= 0.6 is 0 Å². The summed E-state index contributed by atoms with van der Waals surface area (Å²) in [5, 5.41) is 3.43. The SMILES string of the molecule is CN=C(NCCCN1CCCC(C(N)=O)C1)N(C)CC1CCOC1. The molecule has 0 aromatic heterocycles. The molecular formula is C17H33N5O2. The summed E-state index contributed by atoms with van der Waals surface area (Å²) in [6, 6.07) is 0. The normalized spacial score (nSPS) is 25.7. The van der Waals surface area contributed by atoms with Crippen molar-refractivity contribution in [1.82, 2.24) is 15.1 Å². The van der Waals surface area contributed by atoms with Gasteiger partial charge in [0.15, 0.2) is 5.96 Å². The van der Waals surface area contributed by atoms with Crippen molar-refractivity contribution in [2.45, 2.75) is 25.7 Å². The van der Waals surface area contributed by atoms with E-state index in [2.05, 4.69) is 27.2 Å². The van der Waals surface area contributed by atoms with Crippen molar-refractivity contribution in [3.05, 3.63) is 0 Å². The van der Waals surface area contributed by atoms with E-state index in [1.807, 2.05) is 7.05 Å². The summed E-state index contributed by atoms with van der Waals surface area (Å²) >= 11 is 0. The Kier molecular flexibility index (Phi) is 7.78. The lowest BCUT2D eigenvalue weighted by molar-refractivity contribution is -0.123. The van der Waals surface area contributed by atoms with Gasteiger partial charge in [-0.25, -0.2) is 0 Å². The van der Waals surface area contributed by atoms with E-state index in [1.165, 1.54) is 0 Å². The van der Waals surface area contributed by atoms with Crippen molar-refractivity contribution in [3.8, 4) is 0 Å². The number of rotatable bonds is 7. The van der Waals surface area contributed by atoms with E-state index in [1.54, 1.807) is 0 Å². The Bertz CT molecular complexity index is 423. The smallest absolute Gasteiger partial charge is 0.221 e. The summed E-state index contributed by atoms with van der Waals surface area (Å²) in [7, 11) is 3.90. The zero-order valence-electron chi connectivity index (χ0n) is 15.2. The van der Waals surface area contributed by atoms with Crippen LogP contribution in [0.1, 0.15) is 25.7 Å². The quantitative estimate of drug-likeness (QED) is 0.391. The summed E-state index contributed by atoms with van der Waals surface area (Å²) in [5.41, 5.74) is 5.43. The van der Waals surface area contributed by atoms with Crippen LogP contribution in [0.4, 0.5) is 0 Å². The number of amides is 1. The summed E-state index contributed by atoms with van der Waals surface area (Å²) in [4.78, 5) is 20.2. The molecule has 0 spiro atoms. The Morgan fingerprint density at radius 2 is 2.29 bits per heavy atom. The lowest BCUT2D eigenvalue weighted by Gasteiger charge is -2.31. The number of ether oxygens (including phenoxy) is 1. The second-order valence-electron chi connectivity index (χ2n) is 6.98. The van der Waals surface area contributed by atoms with Crippen LogP contribution in [0, 0.1) is 11.8 Å². The molecule has 2 aliphatic heterocycles. The number of nitrogens with one attached hydrogen (secondary N) is 1. The predicted molar refractivity (Wildman–Crippen MR) is 95.9 cm³/mol. The molecule has 0 bridgehead atoms. The largest absolute Gasteiger partial charge is 0.381 e. The van der Waals surface area contributed by atoms with Gasteiger partial charge in [-0.1, -0.05) is 0 Å². The number of carbonyl (C=O) groups is 1. The highest BCUT2D eigenvalue weighted by Gasteiger charge is 2.23. The van der Waals surface area contributed by atoms with Crippen molar-refractivity contribution >= 4 is 11.9 Å². The Balaban J connectivity index is 1.63. The molecular weight excluding hydrogens is 306 g/mol. The van der Waals surface area contributed by atoms with Crippen LogP contribution < -0.4 is 11.1 Å². The summed E-state index contributed by atoms with van der Waals surface area (Å²) in [6.45, 7) is 6.48. The van der Waals surface area contributed by atoms with Crippen LogP contribution in [0.3, 0.4) is 0 Å². The van der Waals surface area contributed by atoms with Gasteiger partial charge in [0.1, 0.15) is 0 Å². The molecule has 0 saturated carbocycles. The highest BCUT2D eigenvalue weighted by Crippen LogP contribution is 2.16. The monoisotopic (exact) mass is 339 g/mol. The average Bonchev–Trinajstić information content (AvgIpc) is 3.08. The minimum atomic E-state index is -0.157. The molecule has 24 heavy (non-hydrogen) atoms. The average molecular weight is 339 g/mol. The standard InChI is InChI=1S/C17H33N5O2/c1-19-17(21(2)11-14-6-10-24-13-14)20-7-4-9-22-8-3-5-15(12-22)16(18)23/h14-15H,3-13H2,1-2H3,(H2,18,23)(H,19,20). The van der Waals surface area contributed by atoms with Gasteiger partial charge >= 0.3 is 0 Å². The highest BCUT2D eigenvalue weighted by atomic mass is 16.5. The number of primary amides is 1. The first-order valence-electron chi connectivity index (χ1n) is 9.11. The van der Waals surface area contributed by atoms with Crippen LogP contribution in [0.2, 0.25) is 0 Å². The molecule has 2 saturated heterocycles. The van der Waals surface area contributed by atoms with Gasteiger partial charge in [-0.2, -0.15) is 0 Å². The van der Waals surface area contributed by atoms with Crippen LogP contribution in [0.25, 0.3) is 0 Å². The van der Waals surface area contributed by atoms with Crippen molar-refractivity contribution in [3.63, 3.8) is 0 Å². The van der Waals surface area contributed by atoms with Crippen molar-refractivity contribution in [2.75, 3.05) is 60.0 Å². The zero-order chi connectivity index (χ0) is 17.4. The molecule has 2 fully saturated rings. The van der Waals surface area contributed by atoms with Gasteiger partial charge in [-0.05, 0) is 38.8 Å². The van der Waals surface area contributed by atoms with E-state index in [9.17, 15) is 4.79 Å². The third kappa shape index (κ3) is 5.94. The van der Waals surface area contributed by atoms with Gasteiger partial charge in [-0.15, -0.1) is 0 Å². The number of likely N-dealkylation sites (tertiary alicyclic amines) is 1. The third-order valence-electron chi connectivity index (χ3n) is 4.97. The molecule has 2 rings (SSSR count). The fraction of sp³-hybridized carbons (Fsp3) is 0.882. The van der Waals surface area contributed by atoms with E-state index in [-0.39, 0.29) is 11.8 Å². The van der Waals surface area contributed by atoms with Gasteiger partial charge in [0, 0.05) is 46.3 Å². The highest BCUT2D eigenvalue weighted by molar-refractivity contribution is 5.79. The molecule has 138 valence electrons. The summed E-state index contributed by atoms with van der Waals surface area (Å²) < 4.78 is 5.44. The first kappa shape index (κ1) is 19.0. The van der Waals surface area contributed by atoms with Crippen LogP contribution in [-0.2, 0) is 9.53 Å². The van der Waals surface area contributed by atoms with Crippen LogP contribution in [0.5, 0.6) is 0 Å². The number of piperidine rings is 1. The van der Waals surface area contributed by atoms with Gasteiger partial charge < -0.3 is 25.6 Å². The maximum Gasteiger partial charge on any atom is 0.221 e. The Labute approximate surface area is 145 Å². The molecule has 1 amide bonds. The molecule has 3 N–H and O–H groups in total. The molecule has 0 aliphatic carbocycles. The minimum Gasteiger partial charge on any atom is -0.381 e. The molecule has 7 nitrogen and oxygen atoms in total. The Hall–Kier alpha value is -1.34. The first-order chi connectivity index (χ1) is 11.6. The lowest BCUT2D eigenvalue weighted by atomic mass is 9.97.